The van der Waals surface area contributed by atoms with Gasteiger partial charge in [0.2, 0.25) is 5.91 Å². The number of ether oxygens (including phenoxy) is 1. The van der Waals surface area contributed by atoms with Crippen LogP contribution in [0.25, 0.3) is 0 Å². The Morgan fingerprint density at radius 2 is 1.91 bits per heavy atom. The van der Waals surface area contributed by atoms with E-state index in [1.807, 2.05) is 0 Å². The van der Waals surface area contributed by atoms with E-state index in [9.17, 15) is 14.4 Å². The van der Waals surface area contributed by atoms with E-state index in [0.29, 0.717) is 11.3 Å². The lowest BCUT2D eigenvalue weighted by Crippen LogP contribution is -2.38. The zero-order chi connectivity index (χ0) is 16.1. The van der Waals surface area contributed by atoms with Crippen molar-refractivity contribution < 1.29 is 24.2 Å². The lowest BCUT2D eigenvalue weighted by Gasteiger charge is -2.27. The fourth-order valence-corrected chi connectivity index (χ4v) is 2.92. The van der Waals surface area contributed by atoms with Gasteiger partial charge in [-0.15, -0.1) is 0 Å². The lowest BCUT2D eigenvalue weighted by atomic mass is 9.82. The highest BCUT2D eigenvalue weighted by atomic mass is 16.6. The number of aromatic carboxylic acids is 1. The maximum absolute atomic E-state index is 12.2. The van der Waals surface area contributed by atoms with Gasteiger partial charge in [0, 0.05) is 12.3 Å². The van der Waals surface area contributed by atoms with Gasteiger partial charge in [0.15, 0.2) is 0 Å². The molecule has 0 aliphatic carbocycles. The molecule has 0 bridgehead atoms. The smallest absolute Gasteiger partial charge is 0.337 e. The number of carbonyl (C=O) groups excluding carboxylic acids is 2. The molecule has 6 nitrogen and oxygen atoms in total. The van der Waals surface area contributed by atoms with E-state index in [2.05, 4.69) is 5.32 Å². The fourth-order valence-electron chi connectivity index (χ4n) is 2.92. The standard InChI is InChI=1S/C16H15NO5/c1-16(2)13-12(15(21)22-16)10(7-11(18)17-13)8-3-5-9(6-4-8)14(19)20/h3-6,10H,7H2,1-2H3,(H,17,18)(H,19,20)/t10-/m0/s1. The summed E-state index contributed by atoms with van der Waals surface area (Å²) in [4.78, 5) is 35.0. The average Bonchev–Trinajstić information content (AvgIpc) is 2.68. The van der Waals surface area contributed by atoms with Crippen LogP contribution in [0.4, 0.5) is 0 Å². The summed E-state index contributed by atoms with van der Waals surface area (Å²) in [5.74, 6) is -2.06. The molecule has 0 saturated carbocycles. The van der Waals surface area contributed by atoms with Gasteiger partial charge >= 0.3 is 11.9 Å². The molecule has 1 atom stereocenters. The Morgan fingerprint density at radius 1 is 1.27 bits per heavy atom. The lowest BCUT2D eigenvalue weighted by molar-refractivity contribution is -0.144. The summed E-state index contributed by atoms with van der Waals surface area (Å²) in [5, 5.41) is 11.7. The summed E-state index contributed by atoms with van der Waals surface area (Å²) in [6.07, 6.45) is 0.135. The fraction of sp³-hybridized carbons (Fsp3) is 0.312. The summed E-state index contributed by atoms with van der Waals surface area (Å²) in [6, 6.07) is 6.21. The molecule has 0 radical (unpaired) electrons. The van der Waals surface area contributed by atoms with Crippen molar-refractivity contribution in [1.29, 1.82) is 0 Å². The molecule has 0 fully saturated rings. The normalized spacial score (nSPS) is 22.9. The second kappa shape index (κ2) is 4.69. The zero-order valence-corrected chi connectivity index (χ0v) is 12.2. The third kappa shape index (κ3) is 2.16. The first-order valence-electron chi connectivity index (χ1n) is 6.90. The molecule has 2 N–H and O–H groups in total. The minimum absolute atomic E-state index is 0.135. The Hall–Kier alpha value is -2.63. The molecule has 2 aliphatic rings. The monoisotopic (exact) mass is 301 g/mol. The number of cyclic esters (lactones) is 1. The van der Waals surface area contributed by atoms with E-state index in [1.54, 1.807) is 26.0 Å². The van der Waals surface area contributed by atoms with Gasteiger partial charge in [-0.3, -0.25) is 4.79 Å². The molecule has 1 aromatic carbocycles. The van der Waals surface area contributed by atoms with Gasteiger partial charge < -0.3 is 15.2 Å². The molecule has 2 aliphatic heterocycles. The number of hydrogen-bond acceptors (Lipinski definition) is 4. The van der Waals surface area contributed by atoms with Gasteiger partial charge in [-0.25, -0.2) is 9.59 Å². The van der Waals surface area contributed by atoms with Crippen molar-refractivity contribution in [2.45, 2.75) is 31.8 Å². The first kappa shape index (κ1) is 14.3. The number of hydrogen-bond donors (Lipinski definition) is 2. The van der Waals surface area contributed by atoms with Gasteiger partial charge in [0.1, 0.15) is 5.60 Å². The summed E-state index contributed by atoms with van der Waals surface area (Å²) in [5.41, 5.74) is 0.977. The Balaban J connectivity index is 2.06. The molecule has 2 heterocycles. The molecule has 6 heteroatoms. The van der Waals surface area contributed by atoms with Crippen molar-refractivity contribution in [3.8, 4) is 0 Å². The molecule has 1 amide bonds. The van der Waals surface area contributed by atoms with Crippen LogP contribution in [0.3, 0.4) is 0 Å². The molecule has 0 aromatic heterocycles. The molecule has 0 saturated heterocycles. The molecule has 0 unspecified atom stereocenters. The van der Waals surface area contributed by atoms with Crippen LogP contribution in [0.1, 0.15) is 42.1 Å². The molecular formula is C16H15NO5. The maximum atomic E-state index is 12.2. The second-order valence-corrected chi connectivity index (χ2v) is 5.92. The SMILES string of the molecule is CC1(C)OC(=O)C2=C1NC(=O)C[C@H]2c1ccc(C(=O)O)cc1. The topological polar surface area (TPSA) is 92.7 Å². The van der Waals surface area contributed by atoms with Crippen LogP contribution in [-0.4, -0.2) is 28.6 Å². The predicted octanol–water partition coefficient (Wildman–Crippen LogP) is 1.58. The second-order valence-electron chi connectivity index (χ2n) is 5.92. The van der Waals surface area contributed by atoms with Gasteiger partial charge in [0.05, 0.1) is 16.8 Å². The van der Waals surface area contributed by atoms with Gasteiger partial charge in [-0.05, 0) is 31.5 Å². The summed E-state index contributed by atoms with van der Waals surface area (Å²) in [6.45, 7) is 3.45. The van der Waals surface area contributed by atoms with Gasteiger partial charge in [-0.1, -0.05) is 12.1 Å². The average molecular weight is 301 g/mol. The van der Waals surface area contributed by atoms with Gasteiger partial charge in [-0.2, -0.15) is 0 Å². The van der Waals surface area contributed by atoms with Gasteiger partial charge in [0.25, 0.3) is 0 Å². The van der Waals surface area contributed by atoms with E-state index in [1.165, 1.54) is 12.1 Å². The zero-order valence-electron chi connectivity index (χ0n) is 12.2. The molecule has 1 aromatic rings. The van der Waals surface area contributed by atoms with Crippen molar-refractivity contribution in [3.63, 3.8) is 0 Å². The van der Waals surface area contributed by atoms with Crippen LogP contribution < -0.4 is 5.32 Å². The van der Waals surface area contributed by atoms with Crippen molar-refractivity contribution in [1.82, 2.24) is 5.32 Å². The van der Waals surface area contributed by atoms with E-state index in [-0.39, 0.29) is 17.9 Å². The maximum Gasteiger partial charge on any atom is 0.337 e. The predicted molar refractivity (Wildman–Crippen MR) is 76.1 cm³/mol. The molecule has 3 rings (SSSR count). The van der Waals surface area contributed by atoms with Crippen molar-refractivity contribution >= 4 is 17.8 Å². The molecule has 114 valence electrons. The van der Waals surface area contributed by atoms with E-state index in [4.69, 9.17) is 9.84 Å². The molecule has 22 heavy (non-hydrogen) atoms. The minimum atomic E-state index is -1.02. The highest BCUT2D eigenvalue weighted by Crippen LogP contribution is 2.42. The summed E-state index contributed by atoms with van der Waals surface area (Å²) < 4.78 is 5.34. The van der Waals surface area contributed by atoms with Crippen LogP contribution >= 0.6 is 0 Å². The Bertz CT molecular complexity index is 715. The Labute approximate surface area is 126 Å². The number of esters is 1. The number of amides is 1. The summed E-state index contributed by atoms with van der Waals surface area (Å²) in [7, 11) is 0. The van der Waals surface area contributed by atoms with Crippen molar-refractivity contribution in [2.24, 2.45) is 0 Å². The van der Waals surface area contributed by atoms with Crippen molar-refractivity contribution in [2.75, 3.05) is 0 Å². The first-order valence-corrected chi connectivity index (χ1v) is 6.90. The third-order valence-electron chi connectivity index (χ3n) is 4.00. The number of carboxylic acid groups (broad SMARTS) is 1. The van der Waals surface area contributed by atoms with Crippen LogP contribution in [-0.2, 0) is 14.3 Å². The number of nitrogens with one attached hydrogen (secondary N) is 1. The Kier molecular flexibility index (Phi) is 3.05. The van der Waals surface area contributed by atoms with Crippen LogP contribution in [0.5, 0.6) is 0 Å². The number of carboxylic acids is 1. The van der Waals surface area contributed by atoms with E-state index in [0.717, 1.165) is 5.56 Å². The first-order chi connectivity index (χ1) is 10.3. The Morgan fingerprint density at radius 3 is 2.50 bits per heavy atom. The largest absolute Gasteiger partial charge is 0.478 e. The molecule has 0 spiro atoms. The minimum Gasteiger partial charge on any atom is -0.478 e. The summed E-state index contributed by atoms with van der Waals surface area (Å²) >= 11 is 0. The van der Waals surface area contributed by atoms with Crippen molar-refractivity contribution in [3.05, 3.63) is 46.7 Å². The highest BCUT2D eigenvalue weighted by Gasteiger charge is 2.47. The van der Waals surface area contributed by atoms with Crippen LogP contribution in [0, 0.1) is 0 Å². The molecular weight excluding hydrogens is 286 g/mol. The number of benzene rings is 1. The van der Waals surface area contributed by atoms with Crippen LogP contribution in [0.15, 0.2) is 35.5 Å². The highest BCUT2D eigenvalue weighted by molar-refractivity contribution is 5.99. The quantitative estimate of drug-likeness (QED) is 0.809. The van der Waals surface area contributed by atoms with E-state index >= 15 is 0 Å². The number of carbonyl (C=O) groups is 3. The van der Waals surface area contributed by atoms with E-state index < -0.39 is 23.5 Å². The number of rotatable bonds is 2. The third-order valence-corrected chi connectivity index (χ3v) is 4.00. The van der Waals surface area contributed by atoms with Crippen LogP contribution in [0.2, 0.25) is 0 Å².